The van der Waals surface area contributed by atoms with E-state index in [1.54, 1.807) is 29.7 Å². The first kappa shape index (κ1) is 25.1. The maximum absolute atomic E-state index is 12.9. The number of nitrogens with zero attached hydrogens (tertiary/aromatic N) is 3. The van der Waals surface area contributed by atoms with Crippen molar-refractivity contribution in [1.82, 2.24) is 14.8 Å². The van der Waals surface area contributed by atoms with Crippen LogP contribution in [0, 0.1) is 0 Å². The van der Waals surface area contributed by atoms with Gasteiger partial charge in [0.1, 0.15) is 11.6 Å². The molecule has 0 fully saturated rings. The lowest BCUT2D eigenvalue weighted by molar-refractivity contribution is -0.137. The van der Waals surface area contributed by atoms with Crippen LogP contribution in [0.2, 0.25) is 5.02 Å². The summed E-state index contributed by atoms with van der Waals surface area (Å²) in [6, 6.07) is 10.6. The van der Waals surface area contributed by atoms with Gasteiger partial charge >= 0.3 is 6.18 Å². The number of anilines is 1. The largest absolute Gasteiger partial charge is 0.416 e. The number of rotatable bonds is 8. The van der Waals surface area contributed by atoms with Crippen molar-refractivity contribution < 1.29 is 26.4 Å². The van der Waals surface area contributed by atoms with Crippen molar-refractivity contribution in [3.05, 3.63) is 64.9 Å². The highest BCUT2D eigenvalue weighted by atomic mass is 35.5. The van der Waals surface area contributed by atoms with Gasteiger partial charge in [-0.25, -0.2) is 8.42 Å². The second kappa shape index (κ2) is 10.1. The Balaban J connectivity index is 1.69. The normalized spacial score (nSPS) is 12.0. The molecule has 0 spiro atoms. The van der Waals surface area contributed by atoms with E-state index in [4.69, 9.17) is 11.6 Å². The van der Waals surface area contributed by atoms with Crippen LogP contribution in [0.15, 0.2) is 58.6 Å². The van der Waals surface area contributed by atoms with E-state index < -0.39 is 27.5 Å². The van der Waals surface area contributed by atoms with Gasteiger partial charge in [0.2, 0.25) is 5.91 Å². The summed E-state index contributed by atoms with van der Waals surface area (Å²) in [4.78, 5) is 12.4. The van der Waals surface area contributed by atoms with Gasteiger partial charge in [0.25, 0.3) is 0 Å². The zero-order valence-electron chi connectivity index (χ0n) is 17.1. The monoisotopic (exact) mass is 518 g/mol. The van der Waals surface area contributed by atoms with Gasteiger partial charge in [-0.1, -0.05) is 41.6 Å². The van der Waals surface area contributed by atoms with Gasteiger partial charge in [-0.2, -0.15) is 13.2 Å². The number of aromatic nitrogens is 3. The first-order valence-electron chi connectivity index (χ1n) is 9.50. The van der Waals surface area contributed by atoms with Gasteiger partial charge in [0.15, 0.2) is 15.0 Å². The number of alkyl halides is 3. The fourth-order valence-corrected chi connectivity index (χ4v) is 5.12. The molecule has 0 bridgehead atoms. The summed E-state index contributed by atoms with van der Waals surface area (Å²) in [5.41, 5.74) is -1.10. The Kier molecular flexibility index (Phi) is 7.70. The van der Waals surface area contributed by atoms with Crippen molar-refractivity contribution in [3.8, 4) is 0 Å². The van der Waals surface area contributed by atoms with Crippen molar-refractivity contribution in [3.63, 3.8) is 0 Å². The molecule has 3 rings (SSSR count). The van der Waals surface area contributed by atoms with Crippen molar-refractivity contribution in [1.29, 1.82) is 0 Å². The van der Waals surface area contributed by atoms with Gasteiger partial charge < -0.3 is 9.88 Å². The van der Waals surface area contributed by atoms with Gasteiger partial charge in [-0.15, -0.1) is 10.2 Å². The zero-order chi connectivity index (χ0) is 24.2. The zero-order valence-corrected chi connectivity index (χ0v) is 19.5. The second-order valence-corrected chi connectivity index (χ2v) is 10.1. The van der Waals surface area contributed by atoms with E-state index >= 15 is 0 Å². The topological polar surface area (TPSA) is 93.9 Å². The molecule has 1 amide bonds. The molecule has 0 aliphatic heterocycles. The molecule has 13 heteroatoms. The predicted octanol–water partition coefficient (Wildman–Crippen LogP) is 4.67. The Morgan fingerprint density at radius 3 is 2.48 bits per heavy atom. The summed E-state index contributed by atoms with van der Waals surface area (Å²) in [5.74, 6) is -0.962. The lowest BCUT2D eigenvalue weighted by atomic mass is 10.2. The van der Waals surface area contributed by atoms with E-state index in [1.807, 2.05) is 0 Å². The highest BCUT2D eigenvalue weighted by molar-refractivity contribution is 7.99. The number of sulfone groups is 1. The van der Waals surface area contributed by atoms with Crippen LogP contribution in [-0.4, -0.2) is 34.8 Å². The smallest absolute Gasteiger partial charge is 0.324 e. The molecule has 0 unspecified atom stereocenters. The van der Waals surface area contributed by atoms with Gasteiger partial charge in [0.05, 0.1) is 26.9 Å². The Morgan fingerprint density at radius 2 is 1.85 bits per heavy atom. The molecule has 0 saturated heterocycles. The summed E-state index contributed by atoms with van der Waals surface area (Å²) < 4.78 is 65.5. The predicted molar refractivity (Wildman–Crippen MR) is 119 cm³/mol. The van der Waals surface area contributed by atoms with E-state index in [0.29, 0.717) is 11.7 Å². The summed E-state index contributed by atoms with van der Waals surface area (Å²) >= 11 is 6.87. The van der Waals surface area contributed by atoms with Crippen LogP contribution in [0.1, 0.15) is 18.3 Å². The van der Waals surface area contributed by atoms with Crippen molar-refractivity contribution in [2.24, 2.45) is 0 Å². The minimum absolute atomic E-state index is 0.0357. The molecule has 0 radical (unpaired) electrons. The SMILES string of the molecule is CCn1c(CS(=O)(=O)c2ccccc2)nnc1SCC(=O)Nc1cc(C(F)(F)F)ccc1Cl. The number of hydrogen-bond donors (Lipinski definition) is 1. The molecule has 33 heavy (non-hydrogen) atoms. The minimum Gasteiger partial charge on any atom is -0.324 e. The molecule has 0 atom stereocenters. The third-order valence-electron chi connectivity index (χ3n) is 4.43. The number of nitrogens with one attached hydrogen (secondary N) is 1. The number of halogens is 4. The van der Waals surface area contributed by atoms with Crippen molar-refractivity contribution in [2.75, 3.05) is 11.1 Å². The molecule has 0 saturated carbocycles. The number of carbonyl (C=O) groups excluding carboxylic acids is 1. The first-order valence-corrected chi connectivity index (χ1v) is 12.5. The molecule has 0 aliphatic rings. The molecule has 1 N–H and O–H groups in total. The summed E-state index contributed by atoms with van der Waals surface area (Å²) in [6.07, 6.45) is -4.58. The maximum Gasteiger partial charge on any atom is 0.416 e. The second-order valence-electron chi connectivity index (χ2n) is 6.74. The van der Waals surface area contributed by atoms with E-state index in [9.17, 15) is 26.4 Å². The van der Waals surface area contributed by atoms with Gasteiger partial charge in [0, 0.05) is 6.54 Å². The Hall–Kier alpha value is -2.57. The van der Waals surface area contributed by atoms with Crippen molar-refractivity contribution in [2.45, 2.75) is 35.4 Å². The van der Waals surface area contributed by atoms with E-state index in [2.05, 4.69) is 15.5 Å². The maximum atomic E-state index is 12.9. The Morgan fingerprint density at radius 1 is 1.15 bits per heavy atom. The third kappa shape index (κ3) is 6.27. The number of amides is 1. The van der Waals surface area contributed by atoms with Crippen LogP contribution in [0.5, 0.6) is 0 Å². The van der Waals surface area contributed by atoms with Crippen LogP contribution in [0.4, 0.5) is 18.9 Å². The number of carbonyl (C=O) groups is 1. The summed E-state index contributed by atoms with van der Waals surface area (Å²) in [6.45, 7) is 2.13. The molecule has 3 aromatic rings. The molecule has 7 nitrogen and oxygen atoms in total. The average molecular weight is 519 g/mol. The van der Waals surface area contributed by atoms with E-state index in [-0.39, 0.29) is 32.9 Å². The van der Waals surface area contributed by atoms with Crippen molar-refractivity contribution >= 4 is 44.8 Å². The van der Waals surface area contributed by atoms with Crippen LogP contribution >= 0.6 is 23.4 Å². The first-order chi connectivity index (χ1) is 15.5. The summed E-state index contributed by atoms with van der Waals surface area (Å²) in [5, 5.41) is 10.5. The van der Waals surface area contributed by atoms with Gasteiger partial charge in [-0.3, -0.25) is 4.79 Å². The molecule has 176 valence electrons. The van der Waals surface area contributed by atoms with Crippen LogP contribution in [0.25, 0.3) is 0 Å². The molecular weight excluding hydrogens is 501 g/mol. The van der Waals surface area contributed by atoms with Crippen LogP contribution in [-0.2, 0) is 33.1 Å². The highest BCUT2D eigenvalue weighted by Crippen LogP contribution is 2.34. The molecule has 0 aliphatic carbocycles. The number of benzene rings is 2. The molecular formula is C20H18ClF3N4O3S2. The fourth-order valence-electron chi connectivity index (χ4n) is 2.85. The van der Waals surface area contributed by atoms with E-state index in [0.717, 1.165) is 30.0 Å². The highest BCUT2D eigenvalue weighted by Gasteiger charge is 2.31. The fraction of sp³-hybridized carbons (Fsp3) is 0.250. The number of hydrogen-bond acceptors (Lipinski definition) is 6. The lowest BCUT2D eigenvalue weighted by Gasteiger charge is -2.12. The third-order valence-corrected chi connectivity index (χ3v) is 7.36. The standard InChI is InChI=1S/C20H18ClF3N4O3S2/c1-2-28-17(12-33(30,31)14-6-4-3-5-7-14)26-27-19(28)32-11-18(29)25-16-10-13(20(22,23)24)8-9-15(16)21/h3-10H,2,11-12H2,1H3,(H,25,29). The van der Waals surface area contributed by atoms with Crippen LogP contribution in [0.3, 0.4) is 0 Å². The van der Waals surface area contributed by atoms with Gasteiger partial charge in [-0.05, 0) is 37.3 Å². The lowest BCUT2D eigenvalue weighted by Crippen LogP contribution is -2.16. The van der Waals surface area contributed by atoms with E-state index in [1.165, 1.54) is 12.1 Å². The summed E-state index contributed by atoms with van der Waals surface area (Å²) in [7, 11) is -3.64. The molecule has 1 heterocycles. The Bertz CT molecular complexity index is 1250. The number of thioether (sulfide) groups is 1. The average Bonchev–Trinajstić information content (AvgIpc) is 3.14. The van der Waals surface area contributed by atoms with Crippen LogP contribution < -0.4 is 5.32 Å². The molecule has 2 aromatic carbocycles. The Labute approximate surface area is 197 Å². The quantitative estimate of drug-likeness (QED) is 0.435. The molecule has 1 aromatic heterocycles. The minimum atomic E-state index is -4.58.